The average Bonchev–Trinajstić information content (AvgIpc) is 3.01. The molecule has 0 unspecified atom stereocenters. The molecule has 3 nitrogen and oxygen atoms in total. The Hall–Kier alpha value is -1.52. The summed E-state index contributed by atoms with van der Waals surface area (Å²) in [6.07, 6.45) is 0.599. The molecule has 20 heavy (non-hydrogen) atoms. The van der Waals surface area contributed by atoms with Crippen molar-refractivity contribution < 1.29 is 4.79 Å². The van der Waals surface area contributed by atoms with Gasteiger partial charge in [0.1, 0.15) is 0 Å². The van der Waals surface area contributed by atoms with Gasteiger partial charge in [-0.25, -0.2) is 0 Å². The summed E-state index contributed by atoms with van der Waals surface area (Å²) in [4.78, 5) is 14.1. The van der Waals surface area contributed by atoms with Crippen molar-refractivity contribution in [1.29, 1.82) is 0 Å². The summed E-state index contributed by atoms with van der Waals surface area (Å²) in [6, 6.07) is 14.0. The summed E-state index contributed by atoms with van der Waals surface area (Å²) < 4.78 is 0. The van der Waals surface area contributed by atoms with Crippen LogP contribution < -0.4 is 5.73 Å². The van der Waals surface area contributed by atoms with E-state index >= 15 is 0 Å². The Kier molecular flexibility index (Phi) is 3.94. The van der Waals surface area contributed by atoms with Crippen LogP contribution in [0.1, 0.15) is 5.56 Å². The second-order valence-electron chi connectivity index (χ2n) is 5.09. The molecule has 3 rings (SSSR count). The van der Waals surface area contributed by atoms with Crippen molar-refractivity contribution in [2.45, 2.75) is 12.5 Å². The van der Waals surface area contributed by atoms with Crippen molar-refractivity contribution in [3.8, 4) is 0 Å². The van der Waals surface area contributed by atoms with Crippen LogP contribution in [0.4, 0.5) is 0 Å². The molecule has 2 N–H and O–H groups in total. The van der Waals surface area contributed by atoms with Gasteiger partial charge in [0.15, 0.2) is 0 Å². The third-order valence-corrected chi connectivity index (χ3v) is 4.67. The minimum atomic E-state index is -0.445. The summed E-state index contributed by atoms with van der Waals surface area (Å²) >= 11 is 1.79. The van der Waals surface area contributed by atoms with Gasteiger partial charge in [-0.05, 0) is 22.8 Å². The van der Waals surface area contributed by atoms with Crippen LogP contribution in [-0.4, -0.2) is 35.0 Å². The average molecular weight is 286 g/mol. The van der Waals surface area contributed by atoms with E-state index in [1.54, 1.807) is 11.8 Å². The van der Waals surface area contributed by atoms with Crippen LogP contribution in [0.2, 0.25) is 0 Å². The molecule has 4 heteroatoms. The van der Waals surface area contributed by atoms with E-state index in [9.17, 15) is 4.79 Å². The summed E-state index contributed by atoms with van der Waals surface area (Å²) in [6.45, 7) is 0.826. The molecule has 1 amide bonds. The second-order valence-corrected chi connectivity index (χ2v) is 6.16. The van der Waals surface area contributed by atoms with Crippen molar-refractivity contribution >= 4 is 28.4 Å². The number of hydrogen-bond donors (Lipinski definition) is 1. The number of thioether (sulfide) groups is 1. The second kappa shape index (κ2) is 5.85. The molecule has 0 aromatic heterocycles. The van der Waals surface area contributed by atoms with Gasteiger partial charge in [0.2, 0.25) is 5.91 Å². The van der Waals surface area contributed by atoms with Crippen LogP contribution in [0.25, 0.3) is 10.8 Å². The smallest absolute Gasteiger partial charge is 0.240 e. The molecular weight excluding hydrogens is 268 g/mol. The lowest BCUT2D eigenvalue weighted by Gasteiger charge is -2.20. The molecule has 1 fully saturated rings. The van der Waals surface area contributed by atoms with Crippen LogP contribution in [-0.2, 0) is 11.2 Å². The van der Waals surface area contributed by atoms with Gasteiger partial charge in [-0.3, -0.25) is 4.79 Å². The van der Waals surface area contributed by atoms with Gasteiger partial charge < -0.3 is 10.6 Å². The van der Waals surface area contributed by atoms with E-state index < -0.39 is 6.04 Å². The van der Waals surface area contributed by atoms with E-state index in [4.69, 9.17) is 5.73 Å². The standard InChI is InChI=1S/C16H18N2OS/c17-15(16(19)18-8-9-20-11-18)10-13-6-3-5-12-4-1-2-7-14(12)13/h1-7,15H,8-11,17H2/t15-/m0/s1. The third kappa shape index (κ3) is 2.67. The zero-order valence-electron chi connectivity index (χ0n) is 11.3. The Labute approximate surface area is 123 Å². The first-order valence-corrected chi connectivity index (χ1v) is 8.00. The fourth-order valence-electron chi connectivity index (χ4n) is 2.62. The summed E-state index contributed by atoms with van der Waals surface area (Å²) in [7, 11) is 0. The fourth-order valence-corrected chi connectivity index (χ4v) is 3.57. The van der Waals surface area contributed by atoms with E-state index in [1.807, 2.05) is 23.1 Å². The number of nitrogens with zero attached hydrogens (tertiary/aromatic N) is 1. The van der Waals surface area contributed by atoms with Crippen LogP contribution in [0.3, 0.4) is 0 Å². The van der Waals surface area contributed by atoms with Gasteiger partial charge in [0, 0.05) is 12.3 Å². The lowest BCUT2D eigenvalue weighted by molar-refractivity contribution is -0.131. The number of amides is 1. The predicted octanol–water partition coefficient (Wildman–Crippen LogP) is 2.24. The molecule has 1 aliphatic heterocycles. The highest BCUT2D eigenvalue weighted by molar-refractivity contribution is 7.99. The Morgan fingerprint density at radius 1 is 1.25 bits per heavy atom. The molecule has 1 saturated heterocycles. The van der Waals surface area contributed by atoms with Gasteiger partial charge in [-0.1, -0.05) is 42.5 Å². The minimum Gasteiger partial charge on any atom is -0.331 e. The zero-order valence-corrected chi connectivity index (χ0v) is 12.1. The zero-order chi connectivity index (χ0) is 13.9. The topological polar surface area (TPSA) is 46.3 Å². The molecule has 0 aliphatic carbocycles. The molecule has 1 heterocycles. The first-order valence-electron chi connectivity index (χ1n) is 6.84. The molecular formula is C16H18N2OS. The van der Waals surface area contributed by atoms with Crippen molar-refractivity contribution in [2.75, 3.05) is 18.2 Å². The van der Waals surface area contributed by atoms with E-state index in [1.165, 1.54) is 10.8 Å². The molecule has 2 aromatic carbocycles. The normalized spacial score (nSPS) is 16.6. The molecule has 1 atom stereocenters. The van der Waals surface area contributed by atoms with Crippen LogP contribution in [0.15, 0.2) is 42.5 Å². The lowest BCUT2D eigenvalue weighted by Crippen LogP contribution is -2.43. The Morgan fingerprint density at radius 3 is 2.85 bits per heavy atom. The first-order chi connectivity index (χ1) is 9.75. The Bertz CT molecular complexity index is 617. The molecule has 0 radical (unpaired) electrons. The maximum Gasteiger partial charge on any atom is 0.240 e. The first kappa shape index (κ1) is 13.5. The van der Waals surface area contributed by atoms with Gasteiger partial charge >= 0.3 is 0 Å². The highest BCUT2D eigenvalue weighted by Crippen LogP contribution is 2.21. The summed E-state index contributed by atoms with van der Waals surface area (Å²) in [5, 5.41) is 2.38. The number of rotatable bonds is 3. The molecule has 0 saturated carbocycles. The molecule has 1 aliphatic rings. The highest BCUT2D eigenvalue weighted by Gasteiger charge is 2.24. The van der Waals surface area contributed by atoms with Gasteiger partial charge in [-0.2, -0.15) is 0 Å². The van der Waals surface area contributed by atoms with Gasteiger partial charge in [0.05, 0.1) is 11.9 Å². The number of carbonyl (C=O) groups is 1. The number of carbonyl (C=O) groups excluding carboxylic acids is 1. The van der Waals surface area contributed by atoms with Crippen LogP contribution in [0.5, 0.6) is 0 Å². The van der Waals surface area contributed by atoms with Crippen molar-refractivity contribution in [3.63, 3.8) is 0 Å². The monoisotopic (exact) mass is 286 g/mol. The predicted molar refractivity (Wildman–Crippen MR) is 84.7 cm³/mol. The summed E-state index contributed by atoms with van der Waals surface area (Å²) in [5.74, 6) is 1.87. The molecule has 0 bridgehead atoms. The van der Waals surface area contributed by atoms with Crippen LogP contribution >= 0.6 is 11.8 Å². The SMILES string of the molecule is N[C@@H](Cc1cccc2ccccc12)C(=O)N1CCSC1. The maximum absolute atomic E-state index is 12.3. The Morgan fingerprint density at radius 2 is 2.05 bits per heavy atom. The van der Waals surface area contributed by atoms with Crippen molar-refractivity contribution in [3.05, 3.63) is 48.0 Å². The van der Waals surface area contributed by atoms with Crippen molar-refractivity contribution in [2.24, 2.45) is 5.73 Å². The van der Waals surface area contributed by atoms with E-state index in [0.717, 1.165) is 23.7 Å². The fraction of sp³-hybridized carbons (Fsp3) is 0.312. The molecule has 104 valence electrons. The number of hydrogen-bond acceptors (Lipinski definition) is 3. The number of benzene rings is 2. The lowest BCUT2D eigenvalue weighted by atomic mass is 9.98. The van der Waals surface area contributed by atoms with E-state index in [-0.39, 0.29) is 5.91 Å². The van der Waals surface area contributed by atoms with Gasteiger partial charge in [-0.15, -0.1) is 11.8 Å². The number of nitrogens with two attached hydrogens (primary N) is 1. The summed E-state index contributed by atoms with van der Waals surface area (Å²) in [5.41, 5.74) is 7.27. The largest absolute Gasteiger partial charge is 0.331 e. The highest BCUT2D eigenvalue weighted by atomic mass is 32.2. The van der Waals surface area contributed by atoms with Crippen molar-refractivity contribution in [1.82, 2.24) is 4.90 Å². The molecule has 2 aromatic rings. The number of fused-ring (bicyclic) bond motifs is 1. The van der Waals surface area contributed by atoms with E-state index in [0.29, 0.717) is 6.42 Å². The van der Waals surface area contributed by atoms with Crippen LogP contribution in [0, 0.1) is 0 Å². The minimum absolute atomic E-state index is 0.0722. The van der Waals surface area contributed by atoms with Gasteiger partial charge in [0.25, 0.3) is 0 Å². The van der Waals surface area contributed by atoms with E-state index in [2.05, 4.69) is 24.3 Å². The molecule has 0 spiro atoms. The third-order valence-electron chi connectivity index (χ3n) is 3.70. The maximum atomic E-state index is 12.3. The Balaban J connectivity index is 1.80. The quantitative estimate of drug-likeness (QED) is 0.941.